The van der Waals surface area contributed by atoms with Crippen LogP contribution in [0, 0.1) is 5.82 Å². The number of carbonyl (C=O) groups is 2. The highest BCUT2D eigenvalue weighted by Crippen LogP contribution is 2.42. The number of anilines is 1. The predicted octanol–water partition coefficient (Wildman–Crippen LogP) is 2.97. The molecular formula is C20H19F3N2O7S. The summed E-state index contributed by atoms with van der Waals surface area (Å²) in [6.07, 6.45) is -3.81. The molecule has 1 amide bonds. The van der Waals surface area contributed by atoms with Crippen molar-refractivity contribution in [3.63, 3.8) is 0 Å². The molecule has 9 nitrogen and oxygen atoms in total. The van der Waals surface area contributed by atoms with Crippen LogP contribution in [0.15, 0.2) is 41.3 Å². The van der Waals surface area contributed by atoms with E-state index >= 15 is 0 Å². The van der Waals surface area contributed by atoms with Gasteiger partial charge in [0.15, 0.2) is 18.1 Å². The first-order chi connectivity index (χ1) is 15.5. The summed E-state index contributed by atoms with van der Waals surface area (Å²) < 4.78 is 79.9. The Labute approximate surface area is 187 Å². The van der Waals surface area contributed by atoms with Gasteiger partial charge < -0.3 is 19.5 Å². The molecule has 0 aromatic heterocycles. The molecule has 3 rings (SSSR count). The van der Waals surface area contributed by atoms with Gasteiger partial charge in [0.1, 0.15) is 10.7 Å². The van der Waals surface area contributed by atoms with E-state index in [1.54, 1.807) is 13.8 Å². The summed E-state index contributed by atoms with van der Waals surface area (Å²) >= 11 is 0. The standard InChI is InChI=1S/C20H19F3N2O7S/c1-3-25(4-2)33(28,29)17-9-12(5-7-14(17)21)19(27)30-11-18(26)24-13-6-8-15-16(10-13)32-20(22,23)31-15/h5-10H,3-4,11H2,1-2H3,(H,24,26). The zero-order valence-corrected chi connectivity index (χ0v) is 18.2. The Bertz CT molecular complexity index is 1180. The molecule has 2 aromatic carbocycles. The van der Waals surface area contributed by atoms with E-state index in [0.717, 1.165) is 34.6 Å². The topological polar surface area (TPSA) is 111 Å². The van der Waals surface area contributed by atoms with E-state index in [-0.39, 0.29) is 35.8 Å². The lowest BCUT2D eigenvalue weighted by Crippen LogP contribution is -2.31. The Morgan fingerprint density at radius 3 is 2.39 bits per heavy atom. The fourth-order valence-electron chi connectivity index (χ4n) is 2.97. The maximum absolute atomic E-state index is 14.2. The molecule has 1 aliphatic rings. The van der Waals surface area contributed by atoms with Gasteiger partial charge >= 0.3 is 12.3 Å². The molecule has 1 N–H and O–H groups in total. The van der Waals surface area contributed by atoms with Crippen molar-refractivity contribution in [2.75, 3.05) is 25.0 Å². The van der Waals surface area contributed by atoms with Crippen molar-refractivity contribution < 1.29 is 45.4 Å². The van der Waals surface area contributed by atoms with Gasteiger partial charge in [-0.3, -0.25) is 4.79 Å². The minimum absolute atomic E-state index is 0.0745. The second-order valence-corrected chi connectivity index (χ2v) is 8.59. The first kappa shape index (κ1) is 24.3. The van der Waals surface area contributed by atoms with Crippen LogP contribution in [-0.4, -0.2) is 50.6 Å². The molecule has 0 atom stereocenters. The molecule has 13 heteroatoms. The minimum atomic E-state index is -4.18. The number of hydrogen-bond donors (Lipinski definition) is 1. The minimum Gasteiger partial charge on any atom is -0.452 e. The molecule has 178 valence electrons. The maximum Gasteiger partial charge on any atom is 0.586 e. The van der Waals surface area contributed by atoms with Crippen LogP contribution in [0.25, 0.3) is 0 Å². The van der Waals surface area contributed by atoms with E-state index in [2.05, 4.69) is 14.8 Å². The average Bonchev–Trinajstić information content (AvgIpc) is 3.06. The van der Waals surface area contributed by atoms with Gasteiger partial charge in [-0.2, -0.15) is 4.31 Å². The van der Waals surface area contributed by atoms with Crippen LogP contribution < -0.4 is 14.8 Å². The lowest BCUT2D eigenvalue weighted by atomic mass is 10.2. The molecule has 0 unspecified atom stereocenters. The molecule has 0 bridgehead atoms. The molecule has 0 fully saturated rings. The van der Waals surface area contributed by atoms with Gasteiger partial charge in [-0.1, -0.05) is 13.8 Å². The first-order valence-electron chi connectivity index (χ1n) is 9.63. The van der Waals surface area contributed by atoms with E-state index in [0.29, 0.717) is 0 Å². The highest BCUT2D eigenvalue weighted by Gasteiger charge is 2.43. The van der Waals surface area contributed by atoms with Crippen molar-refractivity contribution >= 4 is 27.6 Å². The number of alkyl halides is 2. The van der Waals surface area contributed by atoms with Crippen molar-refractivity contribution in [2.24, 2.45) is 0 Å². The Kier molecular flexibility index (Phi) is 6.84. The van der Waals surface area contributed by atoms with E-state index in [1.807, 2.05) is 0 Å². The number of ether oxygens (including phenoxy) is 3. The molecule has 1 heterocycles. The van der Waals surface area contributed by atoms with Gasteiger partial charge in [0, 0.05) is 24.8 Å². The second kappa shape index (κ2) is 9.27. The van der Waals surface area contributed by atoms with E-state index in [1.165, 1.54) is 6.07 Å². The number of halogens is 3. The third-order valence-corrected chi connectivity index (χ3v) is 6.57. The van der Waals surface area contributed by atoms with Gasteiger partial charge in [-0.15, -0.1) is 8.78 Å². The van der Waals surface area contributed by atoms with Crippen molar-refractivity contribution in [1.29, 1.82) is 0 Å². The maximum atomic E-state index is 14.2. The zero-order valence-electron chi connectivity index (χ0n) is 17.4. The molecule has 33 heavy (non-hydrogen) atoms. The number of fused-ring (bicyclic) bond motifs is 1. The Balaban J connectivity index is 1.65. The summed E-state index contributed by atoms with van der Waals surface area (Å²) in [6.45, 7) is 2.59. The van der Waals surface area contributed by atoms with E-state index < -0.39 is 45.5 Å². The fraction of sp³-hybridized carbons (Fsp3) is 0.300. The van der Waals surface area contributed by atoms with Crippen LogP contribution in [0.2, 0.25) is 0 Å². The molecule has 0 saturated heterocycles. The Hall–Kier alpha value is -3.32. The normalized spacial score (nSPS) is 14.2. The van der Waals surface area contributed by atoms with Gasteiger partial charge in [0.25, 0.3) is 5.91 Å². The van der Waals surface area contributed by atoms with Crippen molar-refractivity contribution in [3.8, 4) is 11.5 Å². The quantitative estimate of drug-likeness (QED) is 0.569. The summed E-state index contributed by atoms with van der Waals surface area (Å²) in [6, 6.07) is 6.20. The number of carbonyl (C=O) groups excluding carboxylic acids is 2. The van der Waals surface area contributed by atoms with Crippen LogP contribution in [0.5, 0.6) is 11.5 Å². The van der Waals surface area contributed by atoms with Crippen LogP contribution in [0.1, 0.15) is 24.2 Å². The summed E-state index contributed by atoms with van der Waals surface area (Å²) in [4.78, 5) is 23.6. The van der Waals surface area contributed by atoms with Crippen molar-refractivity contribution in [3.05, 3.63) is 47.8 Å². The summed E-state index contributed by atoms with van der Waals surface area (Å²) in [5, 5.41) is 2.32. The monoisotopic (exact) mass is 488 g/mol. The highest BCUT2D eigenvalue weighted by atomic mass is 32.2. The number of nitrogens with zero attached hydrogens (tertiary/aromatic N) is 1. The summed E-state index contributed by atoms with van der Waals surface area (Å²) in [7, 11) is -4.18. The zero-order chi connectivity index (χ0) is 24.4. The average molecular weight is 488 g/mol. The largest absolute Gasteiger partial charge is 0.586 e. The van der Waals surface area contributed by atoms with Crippen LogP contribution >= 0.6 is 0 Å². The number of sulfonamides is 1. The number of benzene rings is 2. The lowest BCUT2D eigenvalue weighted by Gasteiger charge is -2.19. The number of hydrogen-bond acceptors (Lipinski definition) is 7. The summed E-state index contributed by atoms with van der Waals surface area (Å²) in [5.74, 6) is -3.41. The number of esters is 1. The Morgan fingerprint density at radius 1 is 1.06 bits per heavy atom. The highest BCUT2D eigenvalue weighted by molar-refractivity contribution is 7.89. The van der Waals surface area contributed by atoms with E-state index in [9.17, 15) is 31.2 Å². The molecule has 0 spiro atoms. The third-order valence-electron chi connectivity index (χ3n) is 4.51. The Morgan fingerprint density at radius 2 is 1.73 bits per heavy atom. The lowest BCUT2D eigenvalue weighted by molar-refractivity contribution is -0.286. The van der Waals surface area contributed by atoms with Crippen molar-refractivity contribution in [2.45, 2.75) is 25.0 Å². The van der Waals surface area contributed by atoms with Crippen LogP contribution in [-0.2, 0) is 19.6 Å². The van der Waals surface area contributed by atoms with Crippen LogP contribution in [0.4, 0.5) is 18.9 Å². The second-order valence-electron chi connectivity index (χ2n) is 6.69. The molecule has 0 saturated carbocycles. The van der Waals surface area contributed by atoms with Gasteiger partial charge in [-0.05, 0) is 30.3 Å². The van der Waals surface area contributed by atoms with Crippen LogP contribution in [0.3, 0.4) is 0 Å². The molecule has 2 aromatic rings. The number of nitrogens with one attached hydrogen (secondary N) is 1. The van der Waals surface area contributed by atoms with E-state index in [4.69, 9.17) is 4.74 Å². The molecule has 1 aliphatic heterocycles. The fourth-order valence-corrected chi connectivity index (χ4v) is 4.52. The summed E-state index contributed by atoms with van der Waals surface area (Å²) in [5.41, 5.74) is -0.203. The SMILES string of the molecule is CCN(CC)S(=O)(=O)c1cc(C(=O)OCC(=O)Nc2ccc3c(c2)OC(F)(F)O3)ccc1F. The number of rotatable bonds is 8. The number of amides is 1. The molecule has 0 aliphatic carbocycles. The first-order valence-corrected chi connectivity index (χ1v) is 11.1. The van der Waals surface area contributed by atoms with Gasteiger partial charge in [-0.25, -0.2) is 17.6 Å². The van der Waals surface area contributed by atoms with Gasteiger partial charge in [0.05, 0.1) is 5.56 Å². The predicted molar refractivity (Wildman–Crippen MR) is 108 cm³/mol. The molecule has 0 radical (unpaired) electrons. The van der Waals surface area contributed by atoms with Gasteiger partial charge in [0.2, 0.25) is 10.0 Å². The van der Waals surface area contributed by atoms with Crippen molar-refractivity contribution in [1.82, 2.24) is 4.31 Å². The molecular weight excluding hydrogens is 469 g/mol. The smallest absolute Gasteiger partial charge is 0.452 e. The third kappa shape index (κ3) is 5.37.